The summed E-state index contributed by atoms with van der Waals surface area (Å²) in [6, 6.07) is 3.87. The van der Waals surface area contributed by atoms with Crippen LogP contribution in [0.3, 0.4) is 0 Å². The van der Waals surface area contributed by atoms with Gasteiger partial charge in [0.15, 0.2) is 0 Å². The maximum Gasteiger partial charge on any atom is 0.318 e. The minimum atomic E-state index is -0.436. The fourth-order valence-electron chi connectivity index (χ4n) is 2.54. The van der Waals surface area contributed by atoms with Gasteiger partial charge in [0.05, 0.1) is 25.9 Å². The minimum Gasteiger partial charge on any atom is -0.497 e. The number of hydrogen-bond donors (Lipinski definition) is 2. The van der Waals surface area contributed by atoms with Gasteiger partial charge in [0.1, 0.15) is 11.6 Å². The molecule has 2 N–H and O–H groups in total. The molecule has 22 heavy (non-hydrogen) atoms. The van der Waals surface area contributed by atoms with Crippen molar-refractivity contribution in [1.29, 1.82) is 0 Å². The van der Waals surface area contributed by atoms with Crippen molar-refractivity contribution in [3.8, 4) is 5.75 Å². The maximum atomic E-state index is 13.8. The summed E-state index contributed by atoms with van der Waals surface area (Å²) >= 11 is 0. The molecule has 1 aliphatic rings. The van der Waals surface area contributed by atoms with E-state index in [-0.39, 0.29) is 31.3 Å². The molecule has 0 aliphatic carbocycles. The number of likely N-dealkylation sites (tertiary alicyclic amines) is 1. The zero-order valence-corrected chi connectivity index (χ0v) is 12.7. The van der Waals surface area contributed by atoms with Crippen molar-refractivity contribution in [3.63, 3.8) is 0 Å². The largest absolute Gasteiger partial charge is 0.497 e. The molecule has 0 spiro atoms. The standard InChI is InChI=1S/C15H21FN2O4/c1-21-12-4-3-10(14(16)6-12)7-17-15(20)18-8-13(22-2)5-11(18)9-19/h3-4,6,11,13,19H,5,7-9H2,1-2H3,(H,17,20)/t11-,13+/m0/s1. The lowest BCUT2D eigenvalue weighted by Crippen LogP contribution is -2.44. The molecule has 1 heterocycles. The third kappa shape index (κ3) is 3.66. The zero-order valence-electron chi connectivity index (χ0n) is 12.7. The topological polar surface area (TPSA) is 71.0 Å². The zero-order chi connectivity index (χ0) is 16.1. The average molecular weight is 312 g/mol. The number of rotatable bonds is 5. The van der Waals surface area contributed by atoms with Crippen molar-refractivity contribution >= 4 is 6.03 Å². The van der Waals surface area contributed by atoms with Crippen LogP contribution in [0.2, 0.25) is 0 Å². The van der Waals surface area contributed by atoms with Gasteiger partial charge < -0.3 is 24.8 Å². The molecule has 1 fully saturated rings. The monoisotopic (exact) mass is 312 g/mol. The van der Waals surface area contributed by atoms with E-state index in [1.807, 2.05) is 0 Å². The number of aliphatic hydroxyl groups excluding tert-OH is 1. The lowest BCUT2D eigenvalue weighted by Gasteiger charge is -2.23. The number of nitrogens with zero attached hydrogens (tertiary/aromatic N) is 1. The average Bonchev–Trinajstić information content (AvgIpc) is 2.96. The number of methoxy groups -OCH3 is 2. The lowest BCUT2D eigenvalue weighted by molar-refractivity contribution is 0.110. The Kier molecular flexibility index (Phi) is 5.57. The fraction of sp³-hybridized carbons (Fsp3) is 0.533. The van der Waals surface area contributed by atoms with Crippen molar-refractivity contribution in [2.24, 2.45) is 0 Å². The van der Waals surface area contributed by atoms with Crippen LogP contribution in [0.15, 0.2) is 18.2 Å². The molecular weight excluding hydrogens is 291 g/mol. The number of carbonyl (C=O) groups is 1. The quantitative estimate of drug-likeness (QED) is 0.855. The van der Waals surface area contributed by atoms with Gasteiger partial charge in [-0.1, -0.05) is 6.07 Å². The molecule has 1 aromatic carbocycles. The van der Waals surface area contributed by atoms with E-state index in [2.05, 4.69) is 5.32 Å². The van der Waals surface area contributed by atoms with Gasteiger partial charge in [0.25, 0.3) is 0 Å². The van der Waals surface area contributed by atoms with Crippen LogP contribution in [0.1, 0.15) is 12.0 Å². The molecular formula is C15H21FN2O4. The highest BCUT2D eigenvalue weighted by Gasteiger charge is 2.34. The highest BCUT2D eigenvalue weighted by Crippen LogP contribution is 2.20. The molecule has 2 rings (SSSR count). The minimum absolute atomic E-state index is 0.0704. The van der Waals surface area contributed by atoms with Crippen LogP contribution in [0.4, 0.5) is 9.18 Å². The van der Waals surface area contributed by atoms with E-state index in [4.69, 9.17) is 9.47 Å². The first-order valence-corrected chi connectivity index (χ1v) is 7.09. The Morgan fingerprint density at radius 3 is 2.86 bits per heavy atom. The molecule has 0 saturated carbocycles. The molecule has 1 aliphatic heterocycles. The van der Waals surface area contributed by atoms with Crippen LogP contribution in [0, 0.1) is 5.82 Å². The van der Waals surface area contributed by atoms with Gasteiger partial charge in [-0.15, -0.1) is 0 Å². The van der Waals surface area contributed by atoms with Crippen LogP contribution in [-0.2, 0) is 11.3 Å². The van der Waals surface area contributed by atoms with Crippen LogP contribution in [0.5, 0.6) is 5.75 Å². The van der Waals surface area contributed by atoms with E-state index in [0.717, 1.165) is 0 Å². The number of aliphatic hydroxyl groups is 1. The summed E-state index contributed by atoms with van der Waals surface area (Å²) in [7, 11) is 3.04. The maximum absolute atomic E-state index is 13.8. The van der Waals surface area contributed by atoms with Crippen LogP contribution in [-0.4, -0.2) is 55.6 Å². The smallest absolute Gasteiger partial charge is 0.318 e. The van der Waals surface area contributed by atoms with E-state index < -0.39 is 5.82 Å². The molecule has 0 unspecified atom stereocenters. The van der Waals surface area contributed by atoms with Crippen molar-refractivity contribution in [1.82, 2.24) is 10.2 Å². The number of hydrogen-bond acceptors (Lipinski definition) is 4. The van der Waals surface area contributed by atoms with Gasteiger partial charge in [0, 0.05) is 31.8 Å². The summed E-state index contributed by atoms with van der Waals surface area (Å²) in [4.78, 5) is 13.7. The van der Waals surface area contributed by atoms with E-state index in [0.29, 0.717) is 24.3 Å². The number of amides is 2. The molecule has 1 aromatic rings. The van der Waals surface area contributed by atoms with Gasteiger partial charge in [-0.3, -0.25) is 0 Å². The summed E-state index contributed by atoms with van der Waals surface area (Å²) in [5.41, 5.74) is 0.372. The molecule has 2 amide bonds. The number of nitrogens with one attached hydrogen (secondary N) is 1. The first kappa shape index (κ1) is 16.5. The summed E-state index contributed by atoms with van der Waals surface area (Å²) in [6.45, 7) is 0.365. The Balaban J connectivity index is 1.95. The van der Waals surface area contributed by atoms with E-state index in [1.54, 1.807) is 19.2 Å². The van der Waals surface area contributed by atoms with E-state index in [9.17, 15) is 14.3 Å². The predicted octanol–water partition coefficient (Wildman–Crippen LogP) is 1.13. The lowest BCUT2D eigenvalue weighted by atomic mass is 10.2. The molecule has 0 aromatic heterocycles. The third-order valence-electron chi connectivity index (χ3n) is 3.87. The van der Waals surface area contributed by atoms with Gasteiger partial charge in [-0.05, 0) is 12.5 Å². The number of halogens is 1. The van der Waals surface area contributed by atoms with Gasteiger partial charge >= 0.3 is 6.03 Å². The first-order valence-electron chi connectivity index (χ1n) is 7.09. The van der Waals surface area contributed by atoms with Crippen LogP contribution < -0.4 is 10.1 Å². The predicted molar refractivity (Wildman–Crippen MR) is 78.2 cm³/mol. The Labute approximate surface area is 128 Å². The van der Waals surface area contributed by atoms with E-state index in [1.165, 1.54) is 18.1 Å². The highest BCUT2D eigenvalue weighted by molar-refractivity contribution is 5.75. The second-order valence-electron chi connectivity index (χ2n) is 5.20. The third-order valence-corrected chi connectivity index (χ3v) is 3.87. The normalized spacial score (nSPS) is 21.0. The van der Waals surface area contributed by atoms with Gasteiger partial charge in [0.2, 0.25) is 0 Å². The molecule has 0 bridgehead atoms. The molecule has 122 valence electrons. The summed E-state index contributed by atoms with van der Waals surface area (Å²) in [6.07, 6.45) is 0.512. The van der Waals surface area contributed by atoms with Crippen molar-refractivity contribution in [2.45, 2.75) is 25.1 Å². The Morgan fingerprint density at radius 1 is 1.50 bits per heavy atom. The summed E-state index contributed by atoms with van der Waals surface area (Å²) in [5.74, 6) is -0.00931. The van der Waals surface area contributed by atoms with Crippen molar-refractivity contribution in [3.05, 3.63) is 29.6 Å². The summed E-state index contributed by atoms with van der Waals surface area (Å²) in [5, 5.41) is 12.0. The SMILES string of the molecule is COc1ccc(CNC(=O)N2C[C@H](OC)C[C@H]2CO)c(F)c1. The van der Waals surface area contributed by atoms with Crippen molar-refractivity contribution in [2.75, 3.05) is 27.4 Å². The molecule has 6 nitrogen and oxygen atoms in total. The van der Waals surface area contributed by atoms with Crippen LogP contribution >= 0.6 is 0 Å². The molecule has 1 saturated heterocycles. The summed E-state index contributed by atoms with van der Waals surface area (Å²) < 4.78 is 24.0. The van der Waals surface area contributed by atoms with Gasteiger partial charge in [-0.25, -0.2) is 9.18 Å². The Bertz CT molecular complexity index is 526. The van der Waals surface area contributed by atoms with Gasteiger partial charge in [-0.2, -0.15) is 0 Å². The number of carbonyl (C=O) groups excluding carboxylic acids is 1. The van der Waals surface area contributed by atoms with Crippen molar-refractivity contribution < 1.29 is 23.8 Å². The molecule has 2 atom stereocenters. The highest BCUT2D eigenvalue weighted by atomic mass is 19.1. The Morgan fingerprint density at radius 2 is 2.27 bits per heavy atom. The fourth-order valence-corrected chi connectivity index (χ4v) is 2.54. The molecule has 0 radical (unpaired) electrons. The Hall–Kier alpha value is -1.86. The van der Waals surface area contributed by atoms with Crippen LogP contribution in [0.25, 0.3) is 0 Å². The molecule has 7 heteroatoms. The second-order valence-corrected chi connectivity index (χ2v) is 5.20. The number of urea groups is 1. The second kappa shape index (κ2) is 7.42. The van der Waals surface area contributed by atoms with E-state index >= 15 is 0 Å². The first-order chi connectivity index (χ1) is 10.6. The number of benzene rings is 1. The number of ether oxygens (including phenoxy) is 2.